The van der Waals surface area contributed by atoms with E-state index in [1.807, 2.05) is 0 Å². The molecule has 1 heterocycles. The highest BCUT2D eigenvalue weighted by molar-refractivity contribution is 7.92. The summed E-state index contributed by atoms with van der Waals surface area (Å²) in [5, 5.41) is 7.13. The van der Waals surface area contributed by atoms with Gasteiger partial charge in [-0.1, -0.05) is 6.07 Å². The number of sulfone groups is 1. The van der Waals surface area contributed by atoms with Gasteiger partial charge in [0.25, 0.3) is 11.5 Å². The molecule has 0 aliphatic carbocycles. The maximum atomic E-state index is 14.6. The second-order valence-corrected chi connectivity index (χ2v) is 8.56. The predicted molar refractivity (Wildman–Crippen MR) is 101 cm³/mol. The molecule has 28 heavy (non-hydrogen) atoms. The summed E-state index contributed by atoms with van der Waals surface area (Å²) in [4.78, 5) is 23.9. The molecule has 0 saturated carbocycles. The van der Waals surface area contributed by atoms with E-state index in [1.54, 1.807) is 25.1 Å². The normalized spacial score (nSPS) is 12.5. The second-order valence-electron chi connectivity index (χ2n) is 6.33. The third-order valence-corrected chi connectivity index (χ3v) is 5.82. The van der Waals surface area contributed by atoms with E-state index >= 15 is 0 Å². The third-order valence-electron chi connectivity index (χ3n) is 4.33. The van der Waals surface area contributed by atoms with Crippen LogP contribution in [0, 0.1) is 12.7 Å². The fourth-order valence-corrected chi connectivity index (χ4v) is 3.83. The number of halogens is 1. The smallest absolute Gasteiger partial charge is 0.261 e. The SMILES string of the molecule is COc1ccc(-c2cc(=O)n(CC[C@H](C(=O)NO)S(C)(=O)=O)cc2F)cc1C. The molecule has 1 aromatic carbocycles. The van der Waals surface area contributed by atoms with Crippen LogP contribution in [0.2, 0.25) is 0 Å². The number of hydrogen-bond donors (Lipinski definition) is 2. The molecule has 0 aliphatic rings. The molecule has 152 valence electrons. The highest BCUT2D eigenvalue weighted by atomic mass is 32.2. The molecule has 0 radical (unpaired) electrons. The summed E-state index contributed by atoms with van der Waals surface area (Å²) in [6.45, 7) is 1.57. The lowest BCUT2D eigenvalue weighted by Gasteiger charge is -2.14. The Labute approximate surface area is 161 Å². The van der Waals surface area contributed by atoms with E-state index in [1.165, 1.54) is 12.6 Å². The van der Waals surface area contributed by atoms with E-state index in [0.29, 0.717) is 11.3 Å². The van der Waals surface area contributed by atoms with Crippen molar-refractivity contribution < 1.29 is 27.5 Å². The largest absolute Gasteiger partial charge is 0.496 e. The second kappa shape index (κ2) is 8.53. The number of nitrogens with zero attached hydrogens (tertiary/aromatic N) is 1. The molecule has 2 aromatic rings. The summed E-state index contributed by atoms with van der Waals surface area (Å²) < 4.78 is 44.1. The van der Waals surface area contributed by atoms with Gasteiger partial charge in [0.1, 0.15) is 16.8 Å². The molecule has 10 heteroatoms. The van der Waals surface area contributed by atoms with Gasteiger partial charge < -0.3 is 9.30 Å². The van der Waals surface area contributed by atoms with Gasteiger partial charge in [0, 0.05) is 30.6 Å². The zero-order valence-corrected chi connectivity index (χ0v) is 16.4. The summed E-state index contributed by atoms with van der Waals surface area (Å²) >= 11 is 0. The minimum Gasteiger partial charge on any atom is -0.496 e. The molecule has 2 rings (SSSR count). The average Bonchev–Trinajstić information content (AvgIpc) is 2.62. The van der Waals surface area contributed by atoms with E-state index in [9.17, 15) is 22.4 Å². The van der Waals surface area contributed by atoms with Crippen LogP contribution in [0.15, 0.2) is 35.3 Å². The van der Waals surface area contributed by atoms with Crippen molar-refractivity contribution in [3.8, 4) is 16.9 Å². The molecule has 0 unspecified atom stereocenters. The number of carbonyl (C=O) groups is 1. The molecule has 0 fully saturated rings. The minimum atomic E-state index is -3.82. The zero-order valence-electron chi connectivity index (χ0n) is 15.6. The van der Waals surface area contributed by atoms with Crippen LogP contribution in [0.5, 0.6) is 5.75 Å². The van der Waals surface area contributed by atoms with Gasteiger partial charge in [0.15, 0.2) is 9.84 Å². The van der Waals surface area contributed by atoms with Crippen molar-refractivity contribution in [2.24, 2.45) is 0 Å². The van der Waals surface area contributed by atoms with Crippen LogP contribution < -0.4 is 15.8 Å². The standard InChI is InChI=1S/C18H21FN2O6S/c1-11-8-12(4-5-15(11)27-2)13-9-17(22)21(10-14(13)19)7-6-16(18(23)20-24)28(3,25)26/h4-5,8-10,16,24H,6-7H2,1-3H3,(H,20,23)/t16-/m1/s1. The number of pyridine rings is 1. The first-order chi connectivity index (χ1) is 13.1. The van der Waals surface area contributed by atoms with E-state index < -0.39 is 32.4 Å². The first-order valence-electron chi connectivity index (χ1n) is 8.26. The summed E-state index contributed by atoms with van der Waals surface area (Å²) in [7, 11) is -2.31. The van der Waals surface area contributed by atoms with Crippen LogP contribution in [0.25, 0.3) is 11.1 Å². The number of carbonyl (C=O) groups excluding carboxylic acids is 1. The van der Waals surface area contributed by atoms with E-state index in [-0.39, 0.29) is 18.5 Å². The number of nitrogens with one attached hydrogen (secondary N) is 1. The lowest BCUT2D eigenvalue weighted by Crippen LogP contribution is -2.39. The molecule has 2 N–H and O–H groups in total. The number of rotatable bonds is 7. The number of hydroxylamine groups is 1. The Hall–Kier alpha value is -2.72. The number of benzene rings is 1. The maximum absolute atomic E-state index is 14.6. The summed E-state index contributed by atoms with van der Waals surface area (Å²) in [6, 6.07) is 6.09. The topological polar surface area (TPSA) is 115 Å². The van der Waals surface area contributed by atoms with Crippen LogP contribution in [0.4, 0.5) is 4.39 Å². The van der Waals surface area contributed by atoms with Crippen molar-refractivity contribution in [3.05, 3.63) is 52.2 Å². The molecule has 1 atom stereocenters. The Bertz CT molecular complexity index is 1050. The fourth-order valence-electron chi connectivity index (χ4n) is 2.86. The van der Waals surface area contributed by atoms with Gasteiger partial charge in [0.2, 0.25) is 0 Å². The first-order valence-corrected chi connectivity index (χ1v) is 10.2. The van der Waals surface area contributed by atoms with Crippen molar-refractivity contribution in [1.82, 2.24) is 10.0 Å². The highest BCUT2D eigenvalue weighted by Crippen LogP contribution is 2.27. The number of aryl methyl sites for hydroxylation is 2. The molecule has 8 nitrogen and oxygen atoms in total. The quantitative estimate of drug-likeness (QED) is 0.523. The Morgan fingerprint density at radius 2 is 2.04 bits per heavy atom. The molecule has 1 aromatic heterocycles. The Balaban J connectivity index is 2.32. The number of aromatic nitrogens is 1. The fraction of sp³-hybridized carbons (Fsp3) is 0.333. The lowest BCUT2D eigenvalue weighted by atomic mass is 10.0. The molecule has 0 bridgehead atoms. The summed E-state index contributed by atoms with van der Waals surface area (Å²) in [5.74, 6) is -1.15. The number of hydrogen-bond acceptors (Lipinski definition) is 6. The summed E-state index contributed by atoms with van der Waals surface area (Å²) in [5.41, 5.74) is 2.10. The molecular formula is C18H21FN2O6S. The Morgan fingerprint density at radius 1 is 1.36 bits per heavy atom. The molecular weight excluding hydrogens is 391 g/mol. The minimum absolute atomic E-state index is 0.0970. The van der Waals surface area contributed by atoms with Crippen LogP contribution in [0.1, 0.15) is 12.0 Å². The molecule has 0 saturated heterocycles. The van der Waals surface area contributed by atoms with Gasteiger partial charge in [-0.25, -0.2) is 18.3 Å². The maximum Gasteiger partial charge on any atom is 0.261 e. The monoisotopic (exact) mass is 412 g/mol. The van der Waals surface area contributed by atoms with Crippen molar-refractivity contribution in [2.45, 2.75) is 25.1 Å². The Kier molecular flexibility index (Phi) is 6.57. The van der Waals surface area contributed by atoms with Gasteiger partial charge in [-0.2, -0.15) is 0 Å². The lowest BCUT2D eigenvalue weighted by molar-refractivity contribution is -0.128. The van der Waals surface area contributed by atoms with Crippen LogP contribution >= 0.6 is 0 Å². The van der Waals surface area contributed by atoms with Crippen molar-refractivity contribution >= 4 is 15.7 Å². The van der Waals surface area contributed by atoms with Crippen LogP contribution in [-0.2, 0) is 21.2 Å². The number of ether oxygens (including phenoxy) is 1. The van der Waals surface area contributed by atoms with Crippen LogP contribution in [0.3, 0.4) is 0 Å². The van der Waals surface area contributed by atoms with E-state index in [2.05, 4.69) is 0 Å². The molecule has 0 spiro atoms. The molecule has 0 aliphatic heterocycles. The van der Waals surface area contributed by atoms with Gasteiger partial charge >= 0.3 is 0 Å². The first kappa shape index (κ1) is 21.6. The average molecular weight is 412 g/mol. The highest BCUT2D eigenvalue weighted by Gasteiger charge is 2.28. The van der Waals surface area contributed by atoms with Gasteiger partial charge in [-0.3, -0.25) is 14.8 Å². The van der Waals surface area contributed by atoms with Crippen molar-refractivity contribution in [1.29, 1.82) is 0 Å². The van der Waals surface area contributed by atoms with Gasteiger partial charge in [0.05, 0.1) is 7.11 Å². The molecule has 1 amide bonds. The number of amides is 1. The van der Waals surface area contributed by atoms with Gasteiger partial charge in [-0.15, -0.1) is 0 Å². The van der Waals surface area contributed by atoms with E-state index in [4.69, 9.17) is 9.94 Å². The number of methoxy groups -OCH3 is 1. The van der Waals surface area contributed by atoms with Crippen molar-refractivity contribution in [3.63, 3.8) is 0 Å². The van der Waals surface area contributed by atoms with Gasteiger partial charge in [-0.05, 0) is 36.6 Å². The predicted octanol–water partition coefficient (Wildman–Crippen LogP) is 1.28. The zero-order chi connectivity index (χ0) is 21.1. The summed E-state index contributed by atoms with van der Waals surface area (Å²) in [6.07, 6.45) is 1.50. The van der Waals surface area contributed by atoms with E-state index in [0.717, 1.165) is 28.6 Å². The van der Waals surface area contributed by atoms with Crippen molar-refractivity contribution in [2.75, 3.05) is 13.4 Å². The van der Waals surface area contributed by atoms with Crippen LogP contribution in [-0.4, -0.2) is 42.7 Å². The Morgan fingerprint density at radius 3 is 2.57 bits per heavy atom. The third kappa shape index (κ3) is 4.76.